The summed E-state index contributed by atoms with van der Waals surface area (Å²) in [6, 6.07) is 5.23. The highest BCUT2D eigenvalue weighted by molar-refractivity contribution is 7.93. The molecule has 0 N–H and O–H groups in total. The Kier molecular flexibility index (Phi) is 6.21. The summed E-state index contributed by atoms with van der Waals surface area (Å²) >= 11 is 6.05. The van der Waals surface area contributed by atoms with E-state index in [1.165, 1.54) is 17.7 Å². The molecule has 7 nitrogen and oxygen atoms in total. The zero-order valence-corrected chi connectivity index (χ0v) is 17.8. The lowest BCUT2D eigenvalue weighted by atomic mass is 10.0. The number of amides is 1. The first kappa shape index (κ1) is 21.0. The molecule has 2 aliphatic heterocycles. The fourth-order valence-electron chi connectivity index (χ4n) is 3.66. The van der Waals surface area contributed by atoms with Gasteiger partial charge in [-0.25, -0.2) is 13.2 Å². The normalized spacial score (nSPS) is 19.5. The molecule has 0 aliphatic carbocycles. The van der Waals surface area contributed by atoms with E-state index in [4.69, 9.17) is 21.1 Å². The van der Waals surface area contributed by atoms with Gasteiger partial charge in [0.25, 0.3) is 0 Å². The highest BCUT2D eigenvalue weighted by atomic mass is 35.5. The van der Waals surface area contributed by atoms with Crippen LogP contribution in [0.2, 0.25) is 5.02 Å². The molecule has 0 spiro atoms. The molecule has 1 aromatic rings. The number of hydrogen-bond acceptors (Lipinski definition) is 5. The molecular formula is C19H25ClN2O5S. The lowest BCUT2D eigenvalue weighted by Crippen LogP contribution is -2.50. The zero-order chi connectivity index (χ0) is 20.5. The first-order valence-electron chi connectivity index (χ1n) is 9.23. The third-order valence-electron chi connectivity index (χ3n) is 5.08. The Balaban J connectivity index is 1.77. The Hall–Kier alpha value is -1.77. The third-order valence-corrected chi connectivity index (χ3v) is 7.52. The van der Waals surface area contributed by atoms with Crippen LogP contribution in [0.5, 0.6) is 0 Å². The van der Waals surface area contributed by atoms with Gasteiger partial charge in [-0.05, 0) is 37.0 Å². The molecule has 0 saturated carbocycles. The lowest BCUT2D eigenvalue weighted by Gasteiger charge is -2.40. The minimum atomic E-state index is -3.60. The summed E-state index contributed by atoms with van der Waals surface area (Å²) in [6.45, 7) is 4.49. The topological polar surface area (TPSA) is 76.2 Å². The number of sulfonamides is 1. The second-order valence-electron chi connectivity index (χ2n) is 7.24. The van der Waals surface area contributed by atoms with Crippen LogP contribution in [-0.4, -0.2) is 45.1 Å². The summed E-state index contributed by atoms with van der Waals surface area (Å²) in [5, 5.41) is 0.587. The van der Waals surface area contributed by atoms with E-state index in [0.29, 0.717) is 31.0 Å². The summed E-state index contributed by atoms with van der Waals surface area (Å²) in [5.74, 6) is -0.184. The molecule has 1 aromatic carbocycles. The van der Waals surface area contributed by atoms with Crippen LogP contribution in [0, 0.1) is 5.92 Å². The third kappa shape index (κ3) is 3.99. The number of carbonyl (C=O) groups excluding carboxylic acids is 1. The minimum Gasteiger partial charge on any atom is -0.503 e. The number of allylic oxidation sites excluding steroid dienone is 1. The van der Waals surface area contributed by atoms with E-state index in [1.54, 1.807) is 17.0 Å². The number of hydrogen-bond donors (Lipinski definition) is 0. The monoisotopic (exact) mass is 428 g/mol. The zero-order valence-electron chi connectivity index (χ0n) is 16.2. The molecule has 1 amide bonds. The number of benzene rings is 1. The molecule has 2 aliphatic rings. The van der Waals surface area contributed by atoms with Crippen LogP contribution >= 0.6 is 11.6 Å². The predicted octanol–water partition coefficient (Wildman–Crippen LogP) is 3.73. The predicted molar refractivity (Wildman–Crippen MR) is 108 cm³/mol. The van der Waals surface area contributed by atoms with Crippen molar-refractivity contribution in [2.24, 2.45) is 5.92 Å². The second-order valence-corrected chi connectivity index (χ2v) is 9.62. The Labute approximate surface area is 170 Å². The van der Waals surface area contributed by atoms with Gasteiger partial charge in [0.2, 0.25) is 10.0 Å². The highest BCUT2D eigenvalue weighted by Crippen LogP contribution is 2.34. The first-order chi connectivity index (χ1) is 13.3. The van der Waals surface area contributed by atoms with Gasteiger partial charge < -0.3 is 9.47 Å². The number of ether oxygens (including phenoxy) is 2. The van der Waals surface area contributed by atoms with Crippen LogP contribution in [0.4, 0.5) is 10.5 Å². The SMILES string of the molecule is CO/C=C(/C(C)C)S(=O)(=O)N1CCC(N2C(=O)OCc3cc(Cl)ccc32)CC1. The summed E-state index contributed by atoms with van der Waals surface area (Å²) in [6.07, 6.45) is 1.94. The molecule has 3 rings (SSSR count). The van der Waals surface area contributed by atoms with Crippen LogP contribution in [0.25, 0.3) is 0 Å². The van der Waals surface area contributed by atoms with E-state index >= 15 is 0 Å². The van der Waals surface area contributed by atoms with Gasteiger partial charge >= 0.3 is 6.09 Å². The summed E-state index contributed by atoms with van der Waals surface area (Å²) < 4.78 is 37.6. The molecule has 0 aromatic heterocycles. The number of methoxy groups -OCH3 is 1. The van der Waals surface area contributed by atoms with Gasteiger partial charge in [0, 0.05) is 29.7 Å². The number of piperidine rings is 1. The fraction of sp³-hybridized carbons (Fsp3) is 0.526. The molecule has 9 heteroatoms. The van der Waals surface area contributed by atoms with Crippen molar-refractivity contribution in [3.63, 3.8) is 0 Å². The molecule has 28 heavy (non-hydrogen) atoms. The van der Waals surface area contributed by atoms with Crippen molar-refractivity contribution in [2.45, 2.75) is 39.3 Å². The van der Waals surface area contributed by atoms with Crippen molar-refractivity contribution in [1.82, 2.24) is 4.31 Å². The minimum absolute atomic E-state index is 0.131. The maximum atomic E-state index is 13.0. The number of fused-ring (bicyclic) bond motifs is 1. The van der Waals surface area contributed by atoms with E-state index in [0.717, 1.165) is 11.3 Å². The molecule has 1 saturated heterocycles. The maximum absolute atomic E-state index is 13.0. The average Bonchev–Trinajstić information content (AvgIpc) is 2.66. The van der Waals surface area contributed by atoms with Gasteiger partial charge in [0.15, 0.2) is 0 Å². The van der Waals surface area contributed by atoms with Gasteiger partial charge in [-0.1, -0.05) is 25.4 Å². The Morgan fingerprint density at radius 1 is 1.32 bits per heavy atom. The summed E-state index contributed by atoms with van der Waals surface area (Å²) in [5.41, 5.74) is 1.64. The van der Waals surface area contributed by atoms with E-state index in [1.807, 2.05) is 19.9 Å². The maximum Gasteiger partial charge on any atom is 0.414 e. The molecule has 1 fully saturated rings. The molecule has 2 heterocycles. The van der Waals surface area contributed by atoms with Gasteiger partial charge in [-0.2, -0.15) is 4.31 Å². The van der Waals surface area contributed by atoms with Crippen molar-refractivity contribution in [1.29, 1.82) is 0 Å². The number of nitrogens with zero attached hydrogens (tertiary/aromatic N) is 2. The fourth-order valence-corrected chi connectivity index (χ4v) is 5.66. The Morgan fingerprint density at radius 3 is 2.61 bits per heavy atom. The molecule has 0 radical (unpaired) electrons. The van der Waals surface area contributed by atoms with E-state index in [-0.39, 0.29) is 23.5 Å². The summed E-state index contributed by atoms with van der Waals surface area (Å²) in [4.78, 5) is 14.3. The standard InChI is InChI=1S/C19H25ClN2O5S/c1-13(2)18(12-26-3)28(24,25)21-8-6-16(7-9-21)22-17-5-4-15(20)10-14(17)11-27-19(22)23/h4-5,10,12-13,16H,6-9,11H2,1-3H3/b18-12-. The summed E-state index contributed by atoms with van der Waals surface area (Å²) in [7, 11) is -2.16. The number of cyclic esters (lactones) is 1. The largest absolute Gasteiger partial charge is 0.503 e. The van der Waals surface area contributed by atoms with Gasteiger partial charge in [-0.3, -0.25) is 4.90 Å². The van der Waals surface area contributed by atoms with Crippen LogP contribution in [-0.2, 0) is 26.1 Å². The van der Waals surface area contributed by atoms with Crippen LogP contribution in [0.15, 0.2) is 29.4 Å². The van der Waals surface area contributed by atoms with Crippen LogP contribution in [0.3, 0.4) is 0 Å². The number of anilines is 1. The van der Waals surface area contributed by atoms with Crippen molar-refractivity contribution in [3.05, 3.63) is 40.0 Å². The molecule has 154 valence electrons. The van der Waals surface area contributed by atoms with Crippen LogP contribution < -0.4 is 4.90 Å². The first-order valence-corrected chi connectivity index (χ1v) is 11.0. The van der Waals surface area contributed by atoms with Crippen molar-refractivity contribution in [3.8, 4) is 0 Å². The average molecular weight is 429 g/mol. The van der Waals surface area contributed by atoms with Gasteiger partial charge in [0.1, 0.15) is 6.61 Å². The Morgan fingerprint density at radius 2 is 2.00 bits per heavy atom. The molecule has 0 atom stereocenters. The second kappa shape index (κ2) is 8.31. The van der Waals surface area contributed by atoms with Crippen molar-refractivity contribution < 1.29 is 22.7 Å². The van der Waals surface area contributed by atoms with Gasteiger partial charge in [0.05, 0.1) is 24.0 Å². The highest BCUT2D eigenvalue weighted by Gasteiger charge is 2.38. The molecule has 0 bridgehead atoms. The van der Waals surface area contributed by atoms with Crippen molar-refractivity contribution in [2.75, 3.05) is 25.1 Å². The number of carbonyl (C=O) groups is 1. The van der Waals surface area contributed by atoms with E-state index < -0.39 is 16.1 Å². The molecule has 0 unspecified atom stereocenters. The Bertz CT molecular complexity index is 876. The van der Waals surface area contributed by atoms with E-state index in [9.17, 15) is 13.2 Å². The van der Waals surface area contributed by atoms with Gasteiger partial charge in [-0.15, -0.1) is 0 Å². The number of rotatable bonds is 5. The quantitative estimate of drug-likeness (QED) is 0.668. The lowest BCUT2D eigenvalue weighted by molar-refractivity contribution is 0.136. The van der Waals surface area contributed by atoms with Crippen LogP contribution in [0.1, 0.15) is 32.3 Å². The molecular weight excluding hydrogens is 404 g/mol. The van der Waals surface area contributed by atoms with E-state index in [2.05, 4.69) is 0 Å². The smallest absolute Gasteiger partial charge is 0.414 e. The number of halogens is 1. The van der Waals surface area contributed by atoms with Crippen molar-refractivity contribution >= 4 is 33.4 Å².